The van der Waals surface area contributed by atoms with E-state index in [0.717, 1.165) is 24.6 Å². The fourth-order valence-corrected chi connectivity index (χ4v) is 3.58. The molecule has 2 amide bonds. The number of hydrogen-bond acceptors (Lipinski definition) is 4. The minimum absolute atomic E-state index is 0.238. The second kappa shape index (κ2) is 8.08. The number of amides is 2. The molecular formula is C16H17Cl2NO3S. The van der Waals surface area contributed by atoms with E-state index in [1.807, 2.05) is 13.8 Å². The zero-order valence-corrected chi connectivity index (χ0v) is 15.2. The molecular weight excluding hydrogens is 357 g/mol. The Morgan fingerprint density at radius 3 is 2.43 bits per heavy atom. The molecule has 4 nitrogen and oxygen atoms in total. The second-order valence-electron chi connectivity index (χ2n) is 4.93. The van der Waals surface area contributed by atoms with E-state index >= 15 is 0 Å². The average molecular weight is 374 g/mol. The van der Waals surface area contributed by atoms with Gasteiger partial charge in [0.25, 0.3) is 11.1 Å². The number of ether oxygens (including phenoxy) is 1. The molecule has 2 rings (SSSR count). The first-order valence-corrected chi connectivity index (χ1v) is 8.92. The van der Waals surface area contributed by atoms with Gasteiger partial charge in [-0.1, -0.05) is 36.5 Å². The summed E-state index contributed by atoms with van der Waals surface area (Å²) in [7, 11) is 0. The number of halogens is 2. The van der Waals surface area contributed by atoms with Gasteiger partial charge in [-0.15, -0.1) is 0 Å². The van der Waals surface area contributed by atoms with Crippen molar-refractivity contribution >= 4 is 52.2 Å². The highest BCUT2D eigenvalue weighted by molar-refractivity contribution is 8.18. The first-order chi connectivity index (χ1) is 11.0. The fourth-order valence-electron chi connectivity index (χ4n) is 2.11. The van der Waals surface area contributed by atoms with E-state index < -0.39 is 0 Å². The van der Waals surface area contributed by atoms with Gasteiger partial charge in [0.15, 0.2) is 5.75 Å². The molecule has 1 saturated heterocycles. The molecule has 0 unspecified atom stereocenters. The van der Waals surface area contributed by atoms with Gasteiger partial charge in [0.2, 0.25) is 0 Å². The molecule has 0 aliphatic carbocycles. The molecule has 0 N–H and O–H groups in total. The molecule has 1 aliphatic rings. The maximum absolute atomic E-state index is 12.3. The molecule has 7 heteroatoms. The van der Waals surface area contributed by atoms with Crippen molar-refractivity contribution in [1.29, 1.82) is 0 Å². The highest BCUT2D eigenvalue weighted by Crippen LogP contribution is 2.37. The van der Waals surface area contributed by atoms with Crippen LogP contribution >= 0.6 is 35.0 Å². The number of thioether (sulfide) groups is 1. The molecule has 0 saturated carbocycles. The van der Waals surface area contributed by atoms with Crippen LogP contribution in [-0.4, -0.2) is 29.2 Å². The van der Waals surface area contributed by atoms with Crippen LogP contribution in [0.15, 0.2) is 17.0 Å². The molecule has 0 spiro atoms. The number of hydrogen-bond donors (Lipinski definition) is 0. The highest BCUT2D eigenvalue weighted by Gasteiger charge is 2.34. The summed E-state index contributed by atoms with van der Waals surface area (Å²) < 4.78 is 5.37. The lowest BCUT2D eigenvalue weighted by atomic mass is 10.2. The zero-order valence-electron chi connectivity index (χ0n) is 12.9. The Morgan fingerprint density at radius 1 is 1.22 bits per heavy atom. The van der Waals surface area contributed by atoms with Crippen molar-refractivity contribution in [1.82, 2.24) is 4.90 Å². The molecule has 1 aliphatic heterocycles. The van der Waals surface area contributed by atoms with Crippen LogP contribution in [0.2, 0.25) is 10.0 Å². The number of nitrogens with zero attached hydrogens (tertiary/aromatic N) is 1. The van der Waals surface area contributed by atoms with Crippen LogP contribution in [0.25, 0.3) is 6.08 Å². The Kier molecular flexibility index (Phi) is 6.39. The first kappa shape index (κ1) is 18.2. The smallest absolute Gasteiger partial charge is 0.293 e. The van der Waals surface area contributed by atoms with Crippen molar-refractivity contribution < 1.29 is 14.3 Å². The molecule has 0 atom stereocenters. The molecule has 0 radical (unpaired) electrons. The molecule has 1 aromatic rings. The molecule has 1 fully saturated rings. The van der Waals surface area contributed by atoms with Gasteiger partial charge in [-0.25, -0.2) is 0 Å². The Morgan fingerprint density at radius 2 is 1.87 bits per heavy atom. The van der Waals surface area contributed by atoms with Crippen LogP contribution in [0, 0.1) is 0 Å². The summed E-state index contributed by atoms with van der Waals surface area (Å²) in [5, 5.41) is 0.504. The summed E-state index contributed by atoms with van der Waals surface area (Å²) in [5.74, 6) is 0.151. The number of unbranched alkanes of at least 4 members (excludes halogenated alkanes) is 1. The maximum Gasteiger partial charge on any atom is 0.293 e. The van der Waals surface area contributed by atoms with Crippen LogP contribution in [-0.2, 0) is 4.79 Å². The van der Waals surface area contributed by atoms with Gasteiger partial charge in [-0.2, -0.15) is 0 Å². The van der Waals surface area contributed by atoms with Gasteiger partial charge in [0, 0.05) is 6.54 Å². The van der Waals surface area contributed by atoms with Crippen molar-refractivity contribution in [2.24, 2.45) is 0 Å². The third-order valence-electron chi connectivity index (χ3n) is 3.22. The quantitative estimate of drug-likeness (QED) is 0.640. The van der Waals surface area contributed by atoms with E-state index in [1.165, 1.54) is 4.90 Å². The van der Waals surface area contributed by atoms with Crippen LogP contribution in [0.1, 0.15) is 32.3 Å². The van der Waals surface area contributed by atoms with Crippen LogP contribution in [0.5, 0.6) is 5.75 Å². The topological polar surface area (TPSA) is 46.6 Å². The van der Waals surface area contributed by atoms with Gasteiger partial charge in [-0.3, -0.25) is 14.5 Å². The van der Waals surface area contributed by atoms with E-state index in [2.05, 4.69) is 0 Å². The average Bonchev–Trinajstić information content (AvgIpc) is 2.75. The Balaban J connectivity index is 2.25. The Hall–Kier alpha value is -1.17. The molecule has 1 aromatic carbocycles. The zero-order chi connectivity index (χ0) is 17.0. The standard InChI is InChI=1S/C16H17Cl2NO3S/c1-3-5-6-19-15(20)13(23-16(19)21)9-10-7-11(17)14(22-4-2)12(18)8-10/h7-9H,3-6H2,1-2H3/b13-9-. The van der Waals surface area contributed by atoms with Gasteiger partial charge in [0.1, 0.15) is 0 Å². The number of rotatable bonds is 6. The molecule has 23 heavy (non-hydrogen) atoms. The summed E-state index contributed by atoms with van der Waals surface area (Å²) in [4.78, 5) is 25.9. The summed E-state index contributed by atoms with van der Waals surface area (Å²) >= 11 is 13.2. The van der Waals surface area contributed by atoms with E-state index in [0.29, 0.717) is 39.4 Å². The Labute approximate surface area is 149 Å². The second-order valence-corrected chi connectivity index (χ2v) is 6.74. The summed E-state index contributed by atoms with van der Waals surface area (Å²) in [6, 6.07) is 3.33. The van der Waals surface area contributed by atoms with E-state index in [4.69, 9.17) is 27.9 Å². The first-order valence-electron chi connectivity index (χ1n) is 7.35. The van der Waals surface area contributed by atoms with E-state index in [1.54, 1.807) is 18.2 Å². The van der Waals surface area contributed by atoms with Crippen molar-refractivity contribution in [3.8, 4) is 5.75 Å². The van der Waals surface area contributed by atoms with Crippen molar-refractivity contribution in [2.45, 2.75) is 26.7 Å². The molecule has 1 heterocycles. The van der Waals surface area contributed by atoms with Crippen molar-refractivity contribution in [3.63, 3.8) is 0 Å². The number of carbonyl (C=O) groups excluding carboxylic acids is 2. The van der Waals surface area contributed by atoms with Crippen LogP contribution in [0.3, 0.4) is 0 Å². The lowest BCUT2D eigenvalue weighted by molar-refractivity contribution is -0.122. The largest absolute Gasteiger partial charge is 0.491 e. The van der Waals surface area contributed by atoms with Gasteiger partial charge < -0.3 is 4.74 Å². The van der Waals surface area contributed by atoms with Crippen molar-refractivity contribution in [2.75, 3.05) is 13.2 Å². The number of carbonyl (C=O) groups is 2. The summed E-state index contributed by atoms with van der Waals surface area (Å²) in [6.07, 6.45) is 3.35. The molecule has 124 valence electrons. The van der Waals surface area contributed by atoms with E-state index in [9.17, 15) is 9.59 Å². The van der Waals surface area contributed by atoms with Crippen LogP contribution < -0.4 is 4.74 Å². The predicted molar refractivity (Wildman–Crippen MR) is 95.2 cm³/mol. The summed E-state index contributed by atoms with van der Waals surface area (Å²) in [6.45, 7) is 4.75. The summed E-state index contributed by atoms with van der Waals surface area (Å²) in [5.41, 5.74) is 0.657. The minimum atomic E-state index is -0.269. The highest BCUT2D eigenvalue weighted by atomic mass is 35.5. The molecule has 0 aromatic heterocycles. The van der Waals surface area contributed by atoms with Crippen molar-refractivity contribution in [3.05, 3.63) is 32.6 Å². The van der Waals surface area contributed by atoms with Gasteiger partial charge in [0.05, 0.1) is 21.6 Å². The minimum Gasteiger partial charge on any atom is -0.491 e. The van der Waals surface area contributed by atoms with Crippen LogP contribution in [0.4, 0.5) is 4.79 Å². The van der Waals surface area contributed by atoms with Gasteiger partial charge in [-0.05, 0) is 48.9 Å². The monoisotopic (exact) mass is 373 g/mol. The maximum atomic E-state index is 12.3. The number of benzene rings is 1. The normalized spacial score (nSPS) is 16.5. The fraction of sp³-hybridized carbons (Fsp3) is 0.375. The third-order valence-corrected chi connectivity index (χ3v) is 4.68. The third kappa shape index (κ3) is 4.22. The molecule has 0 bridgehead atoms. The SMILES string of the molecule is CCCCN1C(=O)S/C(=C\c2cc(Cl)c(OCC)c(Cl)c2)C1=O. The Bertz CT molecular complexity index is 638. The number of imide groups is 1. The predicted octanol–water partition coefficient (Wildman–Crippen LogP) is 5.23. The lowest BCUT2D eigenvalue weighted by Crippen LogP contribution is -2.29. The van der Waals surface area contributed by atoms with E-state index in [-0.39, 0.29) is 11.1 Å². The van der Waals surface area contributed by atoms with Gasteiger partial charge >= 0.3 is 0 Å². The lowest BCUT2D eigenvalue weighted by Gasteiger charge is -2.11.